The molecule has 32 heavy (non-hydrogen) atoms. The van der Waals surface area contributed by atoms with Gasteiger partial charge in [0.05, 0.1) is 17.5 Å². The van der Waals surface area contributed by atoms with Gasteiger partial charge in [-0.25, -0.2) is 4.98 Å². The summed E-state index contributed by atoms with van der Waals surface area (Å²) in [5.74, 6) is 1.11. The van der Waals surface area contributed by atoms with Gasteiger partial charge in [-0.15, -0.1) is 0 Å². The lowest BCUT2D eigenvalue weighted by Crippen LogP contribution is -2.38. The van der Waals surface area contributed by atoms with E-state index >= 15 is 0 Å². The lowest BCUT2D eigenvalue weighted by molar-refractivity contribution is -0.140. The van der Waals surface area contributed by atoms with Crippen LogP contribution in [0.1, 0.15) is 25.5 Å². The summed E-state index contributed by atoms with van der Waals surface area (Å²) in [7, 11) is 0. The third-order valence-corrected chi connectivity index (χ3v) is 6.80. The molecule has 3 aliphatic rings. The smallest absolute Gasteiger partial charge is 0.233 e. The molecule has 4 unspecified atom stereocenters. The van der Waals surface area contributed by atoms with Gasteiger partial charge in [-0.2, -0.15) is 0 Å². The highest BCUT2D eigenvalue weighted by atomic mass is 16.2. The fourth-order valence-electron chi connectivity index (χ4n) is 5.36. The second kappa shape index (κ2) is 8.76. The van der Waals surface area contributed by atoms with E-state index in [0.29, 0.717) is 19.5 Å². The molecule has 8 heteroatoms. The van der Waals surface area contributed by atoms with Gasteiger partial charge < -0.3 is 15.0 Å². The summed E-state index contributed by atoms with van der Waals surface area (Å²) < 4.78 is 2.02. The number of allylic oxidation sites excluding steroid dienone is 2. The van der Waals surface area contributed by atoms with Gasteiger partial charge in [0.2, 0.25) is 11.8 Å². The van der Waals surface area contributed by atoms with Crippen molar-refractivity contribution in [3.05, 3.63) is 48.4 Å². The molecule has 2 fully saturated rings. The number of pyridine rings is 1. The first-order valence-electron chi connectivity index (χ1n) is 11.6. The molecular formula is C24H30N6O2. The SMILES string of the molecule is CCNC(=NCCCN1C(=O)C2C3C=CC(C3)C2C1=O)NCCc1cn2ccccc2n1. The third-order valence-electron chi connectivity index (χ3n) is 6.80. The number of fused-ring (bicyclic) bond motifs is 6. The Balaban J connectivity index is 1.10. The van der Waals surface area contributed by atoms with Gasteiger partial charge in [-0.3, -0.25) is 19.5 Å². The molecule has 1 aliphatic heterocycles. The average Bonchev–Trinajstić information content (AvgIpc) is 3.55. The van der Waals surface area contributed by atoms with Crippen LogP contribution in [0.3, 0.4) is 0 Å². The zero-order chi connectivity index (χ0) is 22.1. The van der Waals surface area contributed by atoms with Gasteiger partial charge in [0.1, 0.15) is 5.65 Å². The van der Waals surface area contributed by atoms with E-state index in [1.165, 1.54) is 4.90 Å². The van der Waals surface area contributed by atoms with Gasteiger partial charge in [-0.1, -0.05) is 18.2 Å². The lowest BCUT2D eigenvalue weighted by atomic mass is 9.85. The van der Waals surface area contributed by atoms with E-state index in [4.69, 9.17) is 0 Å². The quantitative estimate of drug-likeness (QED) is 0.217. The number of nitrogens with one attached hydrogen (secondary N) is 2. The molecule has 168 valence electrons. The van der Waals surface area contributed by atoms with Crippen molar-refractivity contribution in [2.45, 2.75) is 26.2 Å². The normalized spacial score (nSPS) is 26.4. The molecule has 1 saturated carbocycles. The Morgan fingerprint density at radius 3 is 2.66 bits per heavy atom. The Labute approximate surface area is 187 Å². The molecule has 0 aromatic carbocycles. The summed E-state index contributed by atoms with van der Waals surface area (Å²) in [4.78, 5) is 36.2. The van der Waals surface area contributed by atoms with Crippen LogP contribution in [0.25, 0.3) is 5.65 Å². The zero-order valence-electron chi connectivity index (χ0n) is 18.4. The number of aliphatic imine (C=N–C) groups is 1. The highest BCUT2D eigenvalue weighted by Gasteiger charge is 2.58. The van der Waals surface area contributed by atoms with Crippen molar-refractivity contribution in [1.29, 1.82) is 0 Å². The van der Waals surface area contributed by atoms with Crippen LogP contribution in [0.5, 0.6) is 0 Å². The van der Waals surface area contributed by atoms with Crippen LogP contribution in [-0.4, -0.2) is 58.2 Å². The number of carbonyl (C=O) groups excluding carboxylic acids is 2. The van der Waals surface area contributed by atoms with Crippen molar-refractivity contribution in [1.82, 2.24) is 24.9 Å². The van der Waals surface area contributed by atoms with E-state index in [1.807, 2.05) is 41.9 Å². The number of hydrogen-bond acceptors (Lipinski definition) is 4. The summed E-state index contributed by atoms with van der Waals surface area (Å²) in [6.07, 6.45) is 10.7. The maximum atomic E-state index is 12.8. The molecule has 8 nitrogen and oxygen atoms in total. The van der Waals surface area contributed by atoms with Crippen molar-refractivity contribution in [2.75, 3.05) is 26.2 Å². The number of aromatic nitrogens is 2. The summed E-state index contributed by atoms with van der Waals surface area (Å²) in [5.41, 5.74) is 1.97. The van der Waals surface area contributed by atoms with Gasteiger partial charge in [0, 0.05) is 45.0 Å². The predicted octanol–water partition coefficient (Wildman–Crippen LogP) is 1.63. The lowest BCUT2D eigenvalue weighted by Gasteiger charge is -2.17. The van der Waals surface area contributed by atoms with Crippen molar-refractivity contribution in [3.8, 4) is 0 Å². The first-order valence-corrected chi connectivity index (χ1v) is 11.6. The highest BCUT2D eigenvalue weighted by molar-refractivity contribution is 6.06. The van der Waals surface area contributed by atoms with Gasteiger partial charge in [0.15, 0.2) is 5.96 Å². The molecule has 0 spiro atoms. The monoisotopic (exact) mass is 434 g/mol. The van der Waals surface area contributed by atoms with Gasteiger partial charge >= 0.3 is 0 Å². The van der Waals surface area contributed by atoms with Crippen LogP contribution in [0.2, 0.25) is 0 Å². The molecule has 2 bridgehead atoms. The van der Waals surface area contributed by atoms with E-state index in [2.05, 4.69) is 32.8 Å². The molecule has 5 rings (SSSR count). The summed E-state index contributed by atoms with van der Waals surface area (Å²) in [6.45, 7) is 4.53. The number of imidazole rings is 1. The van der Waals surface area contributed by atoms with Crippen molar-refractivity contribution in [2.24, 2.45) is 28.7 Å². The van der Waals surface area contributed by atoms with Gasteiger partial charge in [-0.05, 0) is 43.7 Å². The molecule has 2 aromatic heterocycles. The summed E-state index contributed by atoms with van der Waals surface area (Å²) in [5, 5.41) is 6.60. The topological polar surface area (TPSA) is 91.1 Å². The molecular weight excluding hydrogens is 404 g/mol. The second-order valence-electron chi connectivity index (χ2n) is 8.82. The Bertz CT molecular complexity index is 1010. The fourth-order valence-corrected chi connectivity index (χ4v) is 5.36. The first-order chi connectivity index (χ1) is 15.7. The van der Waals surface area contributed by atoms with Crippen LogP contribution in [0, 0.1) is 23.7 Å². The van der Waals surface area contributed by atoms with E-state index in [9.17, 15) is 9.59 Å². The van der Waals surface area contributed by atoms with E-state index < -0.39 is 0 Å². The van der Waals surface area contributed by atoms with E-state index in [-0.39, 0.29) is 35.5 Å². The Morgan fingerprint density at radius 2 is 1.94 bits per heavy atom. The predicted molar refractivity (Wildman–Crippen MR) is 122 cm³/mol. The number of rotatable bonds is 8. The third kappa shape index (κ3) is 3.78. The summed E-state index contributed by atoms with van der Waals surface area (Å²) in [6, 6.07) is 5.97. The maximum absolute atomic E-state index is 12.8. The minimum absolute atomic E-state index is 0.0262. The molecule has 2 aromatic rings. The number of amides is 2. The van der Waals surface area contributed by atoms with E-state index in [1.54, 1.807) is 0 Å². The van der Waals surface area contributed by atoms with E-state index in [0.717, 1.165) is 43.2 Å². The Hall–Kier alpha value is -3.16. The first kappa shape index (κ1) is 20.7. The van der Waals surface area contributed by atoms with Crippen molar-refractivity contribution >= 4 is 23.4 Å². The Morgan fingerprint density at radius 1 is 1.16 bits per heavy atom. The van der Waals surface area contributed by atoms with Crippen LogP contribution in [0.15, 0.2) is 47.7 Å². The largest absolute Gasteiger partial charge is 0.357 e. The number of hydrogen-bond donors (Lipinski definition) is 2. The van der Waals surface area contributed by atoms with Crippen molar-refractivity contribution < 1.29 is 9.59 Å². The van der Waals surface area contributed by atoms with Gasteiger partial charge in [0.25, 0.3) is 0 Å². The molecule has 0 radical (unpaired) electrons. The molecule has 2 N–H and O–H groups in total. The number of guanidine groups is 1. The molecule has 2 amide bonds. The molecule has 1 saturated heterocycles. The highest BCUT2D eigenvalue weighted by Crippen LogP contribution is 2.52. The minimum Gasteiger partial charge on any atom is -0.357 e. The average molecular weight is 435 g/mol. The fraction of sp³-hybridized carbons (Fsp3) is 0.500. The number of nitrogens with zero attached hydrogens (tertiary/aromatic N) is 4. The Kier molecular flexibility index (Phi) is 5.68. The number of likely N-dealkylation sites (tertiary alicyclic amines) is 1. The van der Waals surface area contributed by atoms with Crippen LogP contribution >= 0.6 is 0 Å². The number of imide groups is 1. The molecule has 2 aliphatic carbocycles. The number of carbonyl (C=O) groups is 2. The van der Waals surface area contributed by atoms with Crippen LogP contribution in [0.4, 0.5) is 0 Å². The van der Waals surface area contributed by atoms with Crippen LogP contribution < -0.4 is 10.6 Å². The minimum atomic E-state index is -0.111. The standard InChI is InChI=1S/C24H30N6O2/c1-2-25-24(27-11-9-18-15-29-12-4-3-6-19(29)28-18)26-10-5-13-30-22(31)20-16-7-8-17(14-16)21(20)23(30)32/h3-4,6-8,12,15-17,20-21H,2,5,9-11,13-14H2,1H3,(H2,25,26,27). The van der Waals surface area contributed by atoms with Crippen molar-refractivity contribution in [3.63, 3.8) is 0 Å². The summed E-state index contributed by atoms with van der Waals surface area (Å²) >= 11 is 0. The molecule has 4 atom stereocenters. The van der Waals surface area contributed by atoms with Crippen LogP contribution in [-0.2, 0) is 16.0 Å². The zero-order valence-corrected chi connectivity index (χ0v) is 18.4. The second-order valence-corrected chi connectivity index (χ2v) is 8.82. The maximum Gasteiger partial charge on any atom is 0.233 e. The molecule has 3 heterocycles.